The van der Waals surface area contributed by atoms with E-state index in [0.29, 0.717) is 26.1 Å². The second-order valence-corrected chi connectivity index (χ2v) is 7.39. The van der Waals surface area contributed by atoms with Gasteiger partial charge in [0.2, 0.25) is 0 Å². The van der Waals surface area contributed by atoms with Gasteiger partial charge < -0.3 is 9.47 Å². The van der Waals surface area contributed by atoms with E-state index in [9.17, 15) is 9.59 Å². The summed E-state index contributed by atoms with van der Waals surface area (Å²) in [5, 5.41) is 0. The predicted molar refractivity (Wildman–Crippen MR) is 88.5 cm³/mol. The SMILES string of the molecule is CCCOC(=O)C(CC)(CC)C(=O)OCC(C)CC(C)(C)C. The smallest absolute Gasteiger partial charge is 0.323 e. The van der Waals surface area contributed by atoms with Crippen molar-refractivity contribution in [3.05, 3.63) is 0 Å². The number of esters is 2. The molecular formula is C18H34O4. The van der Waals surface area contributed by atoms with Crippen LogP contribution in [0.25, 0.3) is 0 Å². The first-order valence-corrected chi connectivity index (χ1v) is 8.47. The highest BCUT2D eigenvalue weighted by atomic mass is 16.6. The molecule has 0 aliphatic carbocycles. The van der Waals surface area contributed by atoms with Crippen molar-refractivity contribution in [2.75, 3.05) is 13.2 Å². The molecule has 0 rings (SSSR count). The molecule has 22 heavy (non-hydrogen) atoms. The standard InChI is InChI=1S/C18H34O4/c1-8-11-21-15(19)18(9-2,10-3)16(20)22-13-14(4)12-17(5,6)7/h14H,8-13H2,1-7H3. The molecule has 0 heterocycles. The van der Waals surface area contributed by atoms with Crippen LogP contribution >= 0.6 is 0 Å². The summed E-state index contributed by atoms with van der Waals surface area (Å²) in [5.74, 6) is -0.630. The zero-order chi connectivity index (χ0) is 17.4. The molecule has 1 atom stereocenters. The lowest BCUT2D eigenvalue weighted by Gasteiger charge is -2.28. The number of carbonyl (C=O) groups excluding carboxylic acids is 2. The zero-order valence-electron chi connectivity index (χ0n) is 15.5. The summed E-state index contributed by atoms with van der Waals surface area (Å²) in [5.41, 5.74) is -0.963. The average molecular weight is 314 g/mol. The Labute approximate surface area is 135 Å². The predicted octanol–water partition coefficient (Wildman–Crippen LogP) is 4.36. The third-order valence-electron chi connectivity index (χ3n) is 3.89. The van der Waals surface area contributed by atoms with Crippen LogP contribution in [0.5, 0.6) is 0 Å². The second-order valence-electron chi connectivity index (χ2n) is 7.39. The summed E-state index contributed by atoms with van der Waals surface area (Å²) in [6.07, 6.45) is 2.51. The number of rotatable bonds is 9. The Morgan fingerprint density at radius 3 is 1.86 bits per heavy atom. The van der Waals surface area contributed by atoms with Gasteiger partial charge in [-0.05, 0) is 37.0 Å². The van der Waals surface area contributed by atoms with Crippen LogP contribution in [-0.2, 0) is 19.1 Å². The van der Waals surface area contributed by atoms with Crippen LogP contribution in [0.2, 0.25) is 0 Å². The molecule has 130 valence electrons. The molecule has 0 saturated carbocycles. The van der Waals surface area contributed by atoms with Gasteiger partial charge in [0.05, 0.1) is 13.2 Å². The Hall–Kier alpha value is -1.06. The van der Waals surface area contributed by atoms with E-state index >= 15 is 0 Å². The minimum atomic E-state index is -1.16. The summed E-state index contributed by atoms with van der Waals surface area (Å²) in [6, 6.07) is 0. The molecule has 0 amide bonds. The van der Waals surface area contributed by atoms with E-state index in [-0.39, 0.29) is 11.3 Å². The molecule has 4 nitrogen and oxygen atoms in total. The van der Waals surface area contributed by atoms with Crippen LogP contribution < -0.4 is 0 Å². The van der Waals surface area contributed by atoms with Crippen molar-refractivity contribution in [2.45, 2.75) is 74.1 Å². The molecule has 0 saturated heterocycles. The lowest BCUT2D eigenvalue weighted by Crippen LogP contribution is -2.41. The van der Waals surface area contributed by atoms with E-state index in [2.05, 4.69) is 27.7 Å². The molecule has 0 aromatic heterocycles. The molecule has 1 unspecified atom stereocenters. The minimum Gasteiger partial charge on any atom is -0.465 e. The fourth-order valence-electron chi connectivity index (χ4n) is 2.70. The summed E-state index contributed by atoms with van der Waals surface area (Å²) < 4.78 is 10.7. The Morgan fingerprint density at radius 1 is 0.955 bits per heavy atom. The minimum absolute atomic E-state index is 0.193. The Balaban J connectivity index is 4.76. The Bertz CT molecular complexity index is 351. The van der Waals surface area contributed by atoms with Gasteiger partial charge in [-0.2, -0.15) is 0 Å². The normalized spacial score (nSPS) is 13.6. The van der Waals surface area contributed by atoms with Crippen LogP contribution in [0.15, 0.2) is 0 Å². The van der Waals surface area contributed by atoms with Gasteiger partial charge in [0.1, 0.15) is 0 Å². The topological polar surface area (TPSA) is 52.6 Å². The third kappa shape index (κ3) is 6.37. The quantitative estimate of drug-likeness (QED) is 0.468. The van der Waals surface area contributed by atoms with E-state index in [1.165, 1.54) is 0 Å². The van der Waals surface area contributed by atoms with Gasteiger partial charge in [0.15, 0.2) is 5.41 Å². The number of ether oxygens (including phenoxy) is 2. The summed E-state index contributed by atoms with van der Waals surface area (Å²) in [4.78, 5) is 24.8. The van der Waals surface area contributed by atoms with Gasteiger partial charge in [0, 0.05) is 0 Å². The van der Waals surface area contributed by atoms with E-state index < -0.39 is 17.4 Å². The van der Waals surface area contributed by atoms with Gasteiger partial charge in [-0.1, -0.05) is 48.5 Å². The van der Waals surface area contributed by atoms with Crippen LogP contribution in [0.4, 0.5) is 0 Å². The molecule has 0 fully saturated rings. The van der Waals surface area contributed by atoms with Gasteiger partial charge in [-0.25, -0.2) is 0 Å². The molecule has 0 N–H and O–H groups in total. The summed E-state index contributed by atoms with van der Waals surface area (Å²) >= 11 is 0. The van der Waals surface area contributed by atoms with Gasteiger partial charge >= 0.3 is 11.9 Å². The second kappa shape index (κ2) is 9.16. The van der Waals surface area contributed by atoms with Gasteiger partial charge in [-0.15, -0.1) is 0 Å². The van der Waals surface area contributed by atoms with Crippen molar-refractivity contribution >= 4 is 11.9 Å². The van der Waals surface area contributed by atoms with E-state index in [4.69, 9.17) is 9.47 Å². The van der Waals surface area contributed by atoms with Crippen molar-refractivity contribution in [3.63, 3.8) is 0 Å². The first-order valence-electron chi connectivity index (χ1n) is 8.47. The lowest BCUT2D eigenvalue weighted by atomic mass is 9.82. The van der Waals surface area contributed by atoms with E-state index in [0.717, 1.165) is 12.8 Å². The Kier molecular flexibility index (Phi) is 8.72. The largest absolute Gasteiger partial charge is 0.465 e. The molecule has 0 aliphatic heterocycles. The highest BCUT2D eigenvalue weighted by molar-refractivity contribution is 5.99. The first-order chi connectivity index (χ1) is 10.1. The maximum Gasteiger partial charge on any atom is 0.323 e. The third-order valence-corrected chi connectivity index (χ3v) is 3.89. The highest BCUT2D eigenvalue weighted by Crippen LogP contribution is 2.31. The molecule has 0 aromatic carbocycles. The fraction of sp³-hybridized carbons (Fsp3) is 0.889. The summed E-state index contributed by atoms with van der Waals surface area (Å²) in [6.45, 7) is 14.8. The van der Waals surface area contributed by atoms with Crippen molar-refractivity contribution in [1.82, 2.24) is 0 Å². The van der Waals surface area contributed by atoms with Crippen molar-refractivity contribution < 1.29 is 19.1 Å². The molecule has 0 aliphatic rings. The van der Waals surface area contributed by atoms with Crippen molar-refractivity contribution in [2.24, 2.45) is 16.7 Å². The number of carbonyl (C=O) groups is 2. The molecule has 0 bridgehead atoms. The molecule has 0 radical (unpaired) electrons. The Morgan fingerprint density at radius 2 is 1.45 bits per heavy atom. The maximum atomic E-state index is 12.5. The monoisotopic (exact) mass is 314 g/mol. The van der Waals surface area contributed by atoms with Crippen LogP contribution in [0.3, 0.4) is 0 Å². The fourth-order valence-corrected chi connectivity index (χ4v) is 2.70. The summed E-state index contributed by atoms with van der Waals surface area (Å²) in [7, 11) is 0. The van der Waals surface area contributed by atoms with Crippen LogP contribution in [0.1, 0.15) is 74.1 Å². The van der Waals surface area contributed by atoms with Crippen molar-refractivity contribution in [1.29, 1.82) is 0 Å². The molecular weight excluding hydrogens is 280 g/mol. The van der Waals surface area contributed by atoms with E-state index in [1.54, 1.807) is 0 Å². The molecule has 4 heteroatoms. The average Bonchev–Trinajstić information content (AvgIpc) is 2.42. The van der Waals surface area contributed by atoms with Crippen LogP contribution in [0, 0.1) is 16.7 Å². The maximum absolute atomic E-state index is 12.5. The number of hydrogen-bond donors (Lipinski definition) is 0. The zero-order valence-corrected chi connectivity index (χ0v) is 15.5. The number of hydrogen-bond acceptors (Lipinski definition) is 4. The van der Waals surface area contributed by atoms with Gasteiger partial charge in [0.25, 0.3) is 0 Å². The lowest BCUT2D eigenvalue weighted by molar-refractivity contribution is -0.174. The molecule has 0 spiro atoms. The highest BCUT2D eigenvalue weighted by Gasteiger charge is 2.46. The van der Waals surface area contributed by atoms with Gasteiger partial charge in [-0.3, -0.25) is 9.59 Å². The van der Waals surface area contributed by atoms with Crippen molar-refractivity contribution in [3.8, 4) is 0 Å². The van der Waals surface area contributed by atoms with Crippen LogP contribution in [-0.4, -0.2) is 25.2 Å². The van der Waals surface area contributed by atoms with E-state index in [1.807, 2.05) is 20.8 Å². The molecule has 0 aromatic rings. The first kappa shape index (κ1) is 20.9.